The minimum absolute atomic E-state index is 0.578. The number of benzene rings is 1. The van der Waals surface area contributed by atoms with Crippen molar-refractivity contribution in [3.8, 4) is 0 Å². The molecule has 62 valence electrons. The van der Waals surface area contributed by atoms with Crippen molar-refractivity contribution in [2.45, 2.75) is 13.5 Å². The van der Waals surface area contributed by atoms with E-state index in [1.54, 1.807) is 0 Å². The maximum absolute atomic E-state index is 5.53. The Morgan fingerprint density at radius 3 is 2.92 bits per heavy atom. The van der Waals surface area contributed by atoms with E-state index in [0.717, 1.165) is 5.69 Å². The number of aryl methyl sites for hydroxylation is 1. The molecule has 0 saturated carbocycles. The Balaban J connectivity index is 2.74. The highest BCUT2D eigenvalue weighted by molar-refractivity contribution is 5.83. The minimum atomic E-state index is 0.578. The van der Waals surface area contributed by atoms with E-state index in [2.05, 4.69) is 36.2 Å². The van der Waals surface area contributed by atoms with Gasteiger partial charge in [-0.1, -0.05) is 18.2 Å². The molecule has 2 nitrogen and oxygen atoms in total. The number of hydrogen-bond donors (Lipinski definition) is 2. The molecule has 1 heterocycles. The van der Waals surface area contributed by atoms with Crippen molar-refractivity contribution in [2.24, 2.45) is 5.73 Å². The summed E-state index contributed by atoms with van der Waals surface area (Å²) < 4.78 is 0. The Bertz CT molecular complexity index is 401. The normalized spacial score (nSPS) is 10.8. The van der Waals surface area contributed by atoms with Gasteiger partial charge in [-0.05, 0) is 23.9 Å². The first-order valence-electron chi connectivity index (χ1n) is 4.08. The summed E-state index contributed by atoms with van der Waals surface area (Å²) in [4.78, 5) is 3.29. The number of aromatic nitrogens is 1. The smallest absolute Gasteiger partial charge is 0.0486 e. The van der Waals surface area contributed by atoms with Crippen LogP contribution in [0.1, 0.15) is 11.3 Å². The molecular formula is C10H12N2. The van der Waals surface area contributed by atoms with Crippen molar-refractivity contribution in [3.63, 3.8) is 0 Å². The molecular weight excluding hydrogens is 148 g/mol. The van der Waals surface area contributed by atoms with Gasteiger partial charge in [0.25, 0.3) is 0 Å². The van der Waals surface area contributed by atoms with Crippen LogP contribution in [0.3, 0.4) is 0 Å². The summed E-state index contributed by atoms with van der Waals surface area (Å²) in [6.07, 6.45) is 0. The Kier molecular flexibility index (Phi) is 1.62. The van der Waals surface area contributed by atoms with Gasteiger partial charge >= 0.3 is 0 Å². The number of rotatable bonds is 1. The first-order valence-corrected chi connectivity index (χ1v) is 4.08. The van der Waals surface area contributed by atoms with E-state index in [0.29, 0.717) is 6.54 Å². The maximum Gasteiger partial charge on any atom is 0.0486 e. The van der Waals surface area contributed by atoms with E-state index in [9.17, 15) is 0 Å². The Morgan fingerprint density at radius 2 is 2.25 bits per heavy atom. The lowest BCUT2D eigenvalue weighted by atomic mass is 10.2. The van der Waals surface area contributed by atoms with Crippen molar-refractivity contribution < 1.29 is 0 Å². The minimum Gasteiger partial charge on any atom is -0.357 e. The SMILES string of the molecule is Cc1cccc2cc(CN)[nH]c12. The van der Waals surface area contributed by atoms with E-state index in [4.69, 9.17) is 5.73 Å². The zero-order chi connectivity index (χ0) is 8.55. The Morgan fingerprint density at radius 1 is 1.42 bits per heavy atom. The zero-order valence-corrected chi connectivity index (χ0v) is 7.09. The third-order valence-corrected chi connectivity index (χ3v) is 2.14. The molecule has 2 heteroatoms. The van der Waals surface area contributed by atoms with E-state index < -0.39 is 0 Å². The molecule has 2 aromatic rings. The van der Waals surface area contributed by atoms with Crippen LogP contribution in [-0.2, 0) is 6.54 Å². The molecule has 12 heavy (non-hydrogen) atoms. The molecule has 2 rings (SSSR count). The lowest BCUT2D eigenvalue weighted by Crippen LogP contribution is -1.95. The van der Waals surface area contributed by atoms with Crippen molar-refractivity contribution in [1.82, 2.24) is 4.98 Å². The van der Waals surface area contributed by atoms with Crippen LogP contribution < -0.4 is 5.73 Å². The molecule has 0 radical (unpaired) electrons. The summed E-state index contributed by atoms with van der Waals surface area (Å²) in [7, 11) is 0. The second kappa shape index (κ2) is 2.64. The highest BCUT2D eigenvalue weighted by Gasteiger charge is 1.99. The molecule has 0 aliphatic rings. The second-order valence-corrected chi connectivity index (χ2v) is 3.04. The Labute approximate surface area is 71.4 Å². The van der Waals surface area contributed by atoms with Gasteiger partial charge in [-0.25, -0.2) is 0 Å². The van der Waals surface area contributed by atoms with Crippen LogP contribution in [-0.4, -0.2) is 4.98 Å². The molecule has 0 spiro atoms. The molecule has 1 aromatic heterocycles. The van der Waals surface area contributed by atoms with Gasteiger partial charge in [-0.3, -0.25) is 0 Å². The summed E-state index contributed by atoms with van der Waals surface area (Å²) in [5, 5.41) is 1.25. The van der Waals surface area contributed by atoms with Crippen molar-refractivity contribution in [1.29, 1.82) is 0 Å². The molecule has 0 saturated heterocycles. The van der Waals surface area contributed by atoms with Gasteiger partial charge in [0, 0.05) is 17.8 Å². The first kappa shape index (κ1) is 7.37. The fraction of sp³-hybridized carbons (Fsp3) is 0.200. The zero-order valence-electron chi connectivity index (χ0n) is 7.09. The molecule has 0 aliphatic carbocycles. The number of hydrogen-bond acceptors (Lipinski definition) is 1. The number of fused-ring (bicyclic) bond motifs is 1. The fourth-order valence-electron chi connectivity index (χ4n) is 1.48. The standard InChI is InChI=1S/C10H12N2/c1-7-3-2-4-8-5-9(6-11)12-10(7)8/h2-5,12H,6,11H2,1H3. The van der Waals surface area contributed by atoms with Crippen molar-refractivity contribution in [3.05, 3.63) is 35.5 Å². The van der Waals surface area contributed by atoms with Crippen molar-refractivity contribution in [2.75, 3.05) is 0 Å². The highest BCUT2D eigenvalue weighted by Crippen LogP contribution is 2.18. The van der Waals surface area contributed by atoms with E-state index in [1.165, 1.54) is 16.5 Å². The molecule has 3 N–H and O–H groups in total. The van der Waals surface area contributed by atoms with Gasteiger partial charge in [-0.2, -0.15) is 0 Å². The third-order valence-electron chi connectivity index (χ3n) is 2.14. The second-order valence-electron chi connectivity index (χ2n) is 3.04. The largest absolute Gasteiger partial charge is 0.357 e. The number of H-pyrrole nitrogens is 1. The van der Waals surface area contributed by atoms with Crippen LogP contribution in [0.5, 0.6) is 0 Å². The average molecular weight is 160 g/mol. The molecule has 0 bridgehead atoms. The van der Waals surface area contributed by atoms with E-state index in [-0.39, 0.29) is 0 Å². The van der Waals surface area contributed by atoms with Crippen LogP contribution in [0.15, 0.2) is 24.3 Å². The van der Waals surface area contributed by atoms with Gasteiger partial charge in [-0.15, -0.1) is 0 Å². The molecule has 0 amide bonds. The Hall–Kier alpha value is -1.28. The maximum atomic E-state index is 5.53. The average Bonchev–Trinajstić information content (AvgIpc) is 2.49. The number of para-hydroxylation sites is 1. The topological polar surface area (TPSA) is 41.8 Å². The van der Waals surface area contributed by atoms with Gasteiger partial charge in [0.1, 0.15) is 0 Å². The molecule has 0 aliphatic heterocycles. The third kappa shape index (κ3) is 1.01. The molecule has 0 atom stereocenters. The van der Waals surface area contributed by atoms with Gasteiger partial charge < -0.3 is 10.7 Å². The predicted octanol–water partition coefficient (Wildman–Crippen LogP) is 1.94. The summed E-state index contributed by atoms with van der Waals surface area (Å²) in [5.41, 5.74) is 9.11. The van der Waals surface area contributed by atoms with Gasteiger partial charge in [0.05, 0.1) is 0 Å². The quantitative estimate of drug-likeness (QED) is 0.657. The highest BCUT2D eigenvalue weighted by atomic mass is 14.7. The number of nitrogens with one attached hydrogen (secondary N) is 1. The summed E-state index contributed by atoms with van der Waals surface area (Å²) in [6.45, 7) is 2.67. The first-order chi connectivity index (χ1) is 5.81. The lowest BCUT2D eigenvalue weighted by Gasteiger charge is -1.93. The number of nitrogens with two attached hydrogens (primary N) is 1. The molecule has 0 unspecified atom stereocenters. The van der Waals surface area contributed by atoms with Crippen LogP contribution in [0.25, 0.3) is 10.9 Å². The van der Waals surface area contributed by atoms with E-state index in [1.807, 2.05) is 0 Å². The number of aromatic amines is 1. The van der Waals surface area contributed by atoms with Crippen LogP contribution in [0.2, 0.25) is 0 Å². The van der Waals surface area contributed by atoms with Crippen LogP contribution in [0.4, 0.5) is 0 Å². The molecule has 0 fully saturated rings. The molecule has 1 aromatic carbocycles. The monoisotopic (exact) mass is 160 g/mol. The summed E-state index contributed by atoms with van der Waals surface area (Å²) >= 11 is 0. The van der Waals surface area contributed by atoms with E-state index >= 15 is 0 Å². The van der Waals surface area contributed by atoms with Crippen molar-refractivity contribution >= 4 is 10.9 Å². The lowest BCUT2D eigenvalue weighted by molar-refractivity contribution is 1.02. The van der Waals surface area contributed by atoms with Gasteiger partial charge in [0.15, 0.2) is 0 Å². The summed E-state index contributed by atoms with van der Waals surface area (Å²) in [6, 6.07) is 8.35. The predicted molar refractivity (Wildman–Crippen MR) is 50.9 cm³/mol. The van der Waals surface area contributed by atoms with Gasteiger partial charge in [0.2, 0.25) is 0 Å². The fourth-order valence-corrected chi connectivity index (χ4v) is 1.48. The van der Waals surface area contributed by atoms with Crippen LogP contribution in [0, 0.1) is 6.92 Å². The summed E-state index contributed by atoms with van der Waals surface area (Å²) in [5.74, 6) is 0. The van der Waals surface area contributed by atoms with Crippen LogP contribution >= 0.6 is 0 Å².